The first kappa shape index (κ1) is 21.7. The highest BCUT2D eigenvalue weighted by atomic mass is 19.4. The smallest absolute Gasteiger partial charge is 0.405 e. The first-order valence-corrected chi connectivity index (χ1v) is 9.72. The monoisotopic (exact) mass is 420 g/mol. The van der Waals surface area contributed by atoms with Crippen LogP contribution in [-0.2, 0) is 16.0 Å². The molecule has 30 heavy (non-hydrogen) atoms. The lowest BCUT2D eigenvalue weighted by Crippen LogP contribution is -2.49. The number of halogens is 3. The van der Waals surface area contributed by atoms with Crippen LogP contribution < -0.4 is 10.1 Å². The van der Waals surface area contributed by atoms with Crippen LogP contribution in [0.2, 0.25) is 0 Å². The van der Waals surface area contributed by atoms with Crippen LogP contribution in [0.3, 0.4) is 0 Å². The number of nitrogens with one attached hydrogen (secondary N) is 1. The van der Waals surface area contributed by atoms with Crippen LogP contribution in [0.1, 0.15) is 24.0 Å². The summed E-state index contributed by atoms with van der Waals surface area (Å²) in [5.74, 6) is -0.649. The molecule has 2 aromatic rings. The predicted molar refractivity (Wildman–Crippen MR) is 105 cm³/mol. The Morgan fingerprint density at radius 2 is 1.77 bits per heavy atom. The van der Waals surface area contributed by atoms with Crippen molar-refractivity contribution < 1.29 is 27.5 Å². The number of rotatable bonds is 7. The van der Waals surface area contributed by atoms with Gasteiger partial charge in [-0.3, -0.25) is 9.59 Å². The highest BCUT2D eigenvalue weighted by Gasteiger charge is 2.36. The normalized spacial score (nSPS) is 16.4. The number of nitrogens with zero attached hydrogens (tertiary/aromatic N) is 1. The van der Waals surface area contributed by atoms with Crippen LogP contribution in [0.4, 0.5) is 13.2 Å². The molecule has 0 saturated carbocycles. The zero-order chi connectivity index (χ0) is 21.6. The van der Waals surface area contributed by atoms with Crippen molar-refractivity contribution in [3.8, 4) is 5.75 Å². The van der Waals surface area contributed by atoms with Gasteiger partial charge in [0.15, 0.2) is 6.61 Å². The van der Waals surface area contributed by atoms with E-state index in [9.17, 15) is 22.8 Å². The Morgan fingerprint density at radius 1 is 1.07 bits per heavy atom. The third kappa shape index (κ3) is 5.98. The van der Waals surface area contributed by atoms with E-state index in [1.807, 2.05) is 47.8 Å². The molecule has 2 amide bonds. The standard InChI is InChI=1S/C22H23F3N2O3/c23-22(24,25)15-26-21(29)18-10-6-12-27(18)20(28)14-30-19-11-5-4-9-17(19)13-16-7-2-1-3-8-16/h1-5,7-9,11,18H,6,10,12-15H2,(H,26,29). The summed E-state index contributed by atoms with van der Waals surface area (Å²) in [6, 6.07) is 16.3. The zero-order valence-corrected chi connectivity index (χ0v) is 16.3. The lowest BCUT2D eigenvalue weighted by atomic mass is 10.0. The van der Waals surface area contributed by atoms with E-state index < -0.39 is 30.6 Å². The van der Waals surface area contributed by atoms with Crippen molar-refractivity contribution in [2.75, 3.05) is 19.7 Å². The summed E-state index contributed by atoms with van der Waals surface area (Å²) in [6.07, 6.45) is -2.97. The number of likely N-dealkylation sites (tertiary alicyclic amines) is 1. The largest absolute Gasteiger partial charge is 0.483 e. The Labute approximate surface area is 172 Å². The highest BCUT2D eigenvalue weighted by Crippen LogP contribution is 2.23. The molecule has 160 valence electrons. The molecule has 1 saturated heterocycles. The lowest BCUT2D eigenvalue weighted by Gasteiger charge is -2.24. The van der Waals surface area contributed by atoms with Gasteiger partial charge < -0.3 is 15.0 Å². The number of carbonyl (C=O) groups excluding carboxylic acids is 2. The molecule has 1 heterocycles. The van der Waals surface area contributed by atoms with Gasteiger partial charge in [0.05, 0.1) is 0 Å². The predicted octanol–water partition coefficient (Wildman–Crippen LogP) is 3.33. The molecule has 2 aromatic carbocycles. The van der Waals surface area contributed by atoms with Gasteiger partial charge in [-0.1, -0.05) is 48.5 Å². The van der Waals surface area contributed by atoms with Crippen molar-refractivity contribution in [3.05, 3.63) is 65.7 Å². The van der Waals surface area contributed by atoms with Gasteiger partial charge in [-0.15, -0.1) is 0 Å². The number of alkyl halides is 3. The van der Waals surface area contributed by atoms with Gasteiger partial charge in [0, 0.05) is 13.0 Å². The maximum Gasteiger partial charge on any atom is 0.405 e. The number of benzene rings is 2. The quantitative estimate of drug-likeness (QED) is 0.748. The van der Waals surface area contributed by atoms with E-state index >= 15 is 0 Å². The van der Waals surface area contributed by atoms with Gasteiger partial charge in [0.25, 0.3) is 5.91 Å². The molecule has 0 aromatic heterocycles. The van der Waals surface area contributed by atoms with Crippen molar-refractivity contribution in [3.63, 3.8) is 0 Å². The van der Waals surface area contributed by atoms with Crippen molar-refractivity contribution in [1.82, 2.24) is 10.2 Å². The lowest BCUT2D eigenvalue weighted by molar-refractivity contribution is -0.145. The molecule has 1 fully saturated rings. The van der Waals surface area contributed by atoms with Gasteiger partial charge in [0.2, 0.25) is 5.91 Å². The van der Waals surface area contributed by atoms with Crippen LogP contribution in [0.5, 0.6) is 5.75 Å². The number of hydrogen-bond acceptors (Lipinski definition) is 3. The topological polar surface area (TPSA) is 58.6 Å². The maximum absolute atomic E-state index is 12.6. The van der Waals surface area contributed by atoms with Gasteiger partial charge in [-0.05, 0) is 30.0 Å². The summed E-state index contributed by atoms with van der Waals surface area (Å²) in [4.78, 5) is 26.0. The van der Waals surface area contributed by atoms with E-state index in [0.29, 0.717) is 31.6 Å². The van der Waals surface area contributed by atoms with Crippen LogP contribution in [-0.4, -0.2) is 48.6 Å². The summed E-state index contributed by atoms with van der Waals surface area (Å²) in [7, 11) is 0. The van der Waals surface area contributed by atoms with Gasteiger partial charge in [0.1, 0.15) is 18.3 Å². The molecule has 8 heteroatoms. The third-order valence-corrected chi connectivity index (χ3v) is 4.90. The molecule has 5 nitrogen and oxygen atoms in total. The van der Waals surface area contributed by atoms with Crippen molar-refractivity contribution in [2.24, 2.45) is 0 Å². The average molecular weight is 420 g/mol. The van der Waals surface area contributed by atoms with Crippen molar-refractivity contribution in [2.45, 2.75) is 31.5 Å². The summed E-state index contributed by atoms with van der Waals surface area (Å²) in [5.41, 5.74) is 2.01. The second-order valence-electron chi connectivity index (χ2n) is 7.14. The summed E-state index contributed by atoms with van der Waals surface area (Å²) in [6.45, 7) is -1.37. The SMILES string of the molecule is O=C(NCC(F)(F)F)C1CCCN1C(=O)COc1ccccc1Cc1ccccc1. The highest BCUT2D eigenvalue weighted by molar-refractivity contribution is 5.88. The molecule has 0 bridgehead atoms. The minimum Gasteiger partial charge on any atom is -0.483 e. The second-order valence-corrected chi connectivity index (χ2v) is 7.14. The summed E-state index contributed by atoms with van der Waals surface area (Å²) >= 11 is 0. The fourth-order valence-electron chi connectivity index (χ4n) is 3.47. The Morgan fingerprint density at radius 3 is 2.50 bits per heavy atom. The summed E-state index contributed by atoms with van der Waals surface area (Å²) < 4.78 is 42.8. The maximum atomic E-state index is 12.6. The van der Waals surface area contributed by atoms with E-state index in [4.69, 9.17) is 4.74 Å². The van der Waals surface area contributed by atoms with Crippen LogP contribution >= 0.6 is 0 Å². The van der Waals surface area contributed by atoms with Crippen LogP contribution in [0.15, 0.2) is 54.6 Å². The zero-order valence-electron chi connectivity index (χ0n) is 16.3. The summed E-state index contributed by atoms with van der Waals surface area (Å²) in [5, 5.41) is 1.86. The molecule has 0 aliphatic carbocycles. The molecular formula is C22H23F3N2O3. The van der Waals surface area contributed by atoms with E-state index in [1.54, 1.807) is 12.1 Å². The molecule has 1 aliphatic rings. The Hall–Kier alpha value is -3.03. The molecule has 1 atom stereocenters. The minimum absolute atomic E-state index is 0.283. The number of para-hydroxylation sites is 1. The first-order chi connectivity index (χ1) is 14.3. The molecule has 0 radical (unpaired) electrons. The van der Waals surface area contributed by atoms with Crippen LogP contribution in [0, 0.1) is 0 Å². The van der Waals surface area contributed by atoms with Crippen LogP contribution in [0.25, 0.3) is 0 Å². The van der Waals surface area contributed by atoms with E-state index in [2.05, 4.69) is 0 Å². The Balaban J connectivity index is 1.59. The molecule has 3 rings (SSSR count). The van der Waals surface area contributed by atoms with Crippen molar-refractivity contribution in [1.29, 1.82) is 0 Å². The van der Waals surface area contributed by atoms with Crippen molar-refractivity contribution >= 4 is 11.8 Å². The molecule has 0 spiro atoms. The van der Waals surface area contributed by atoms with Gasteiger partial charge in [-0.2, -0.15) is 13.2 Å². The third-order valence-electron chi connectivity index (χ3n) is 4.90. The number of carbonyl (C=O) groups is 2. The minimum atomic E-state index is -4.49. The number of amides is 2. The first-order valence-electron chi connectivity index (χ1n) is 9.72. The molecule has 1 aliphatic heterocycles. The second kappa shape index (κ2) is 9.65. The number of ether oxygens (including phenoxy) is 1. The van der Waals surface area contributed by atoms with E-state index in [1.165, 1.54) is 4.90 Å². The fraction of sp³-hybridized carbons (Fsp3) is 0.364. The van der Waals surface area contributed by atoms with Gasteiger partial charge >= 0.3 is 6.18 Å². The molecule has 1 N–H and O–H groups in total. The number of hydrogen-bond donors (Lipinski definition) is 1. The van der Waals surface area contributed by atoms with E-state index in [-0.39, 0.29) is 6.61 Å². The Kier molecular flexibility index (Phi) is 6.97. The van der Waals surface area contributed by atoms with E-state index in [0.717, 1.165) is 11.1 Å². The Bertz CT molecular complexity index is 871. The van der Waals surface area contributed by atoms with Gasteiger partial charge in [-0.25, -0.2) is 0 Å². The molecular weight excluding hydrogens is 397 g/mol. The molecule has 1 unspecified atom stereocenters. The fourth-order valence-corrected chi connectivity index (χ4v) is 3.47. The average Bonchev–Trinajstić information content (AvgIpc) is 3.21.